The van der Waals surface area contributed by atoms with Crippen molar-refractivity contribution in [2.45, 2.75) is 38.6 Å². The van der Waals surface area contributed by atoms with Crippen molar-refractivity contribution in [1.82, 2.24) is 4.90 Å². The SMILES string of the molecule is COC(=O)CC1CCCCN1C(=O)/C=C/c1sccc1C. The van der Waals surface area contributed by atoms with Gasteiger partial charge in [-0.15, -0.1) is 11.3 Å². The average Bonchev–Trinajstić information content (AvgIpc) is 2.90. The first-order chi connectivity index (χ1) is 10.1. The summed E-state index contributed by atoms with van der Waals surface area (Å²) in [5, 5.41) is 2.01. The minimum atomic E-state index is -0.252. The summed E-state index contributed by atoms with van der Waals surface area (Å²) in [4.78, 5) is 26.7. The molecule has 1 aliphatic rings. The molecule has 1 fully saturated rings. The van der Waals surface area contributed by atoms with Crippen LogP contribution < -0.4 is 0 Å². The van der Waals surface area contributed by atoms with Gasteiger partial charge in [-0.1, -0.05) is 0 Å². The van der Waals surface area contributed by atoms with E-state index in [2.05, 4.69) is 0 Å². The van der Waals surface area contributed by atoms with Crippen molar-refractivity contribution in [3.63, 3.8) is 0 Å². The van der Waals surface area contributed by atoms with E-state index < -0.39 is 0 Å². The van der Waals surface area contributed by atoms with Gasteiger partial charge in [0.1, 0.15) is 0 Å². The van der Waals surface area contributed by atoms with E-state index in [1.54, 1.807) is 22.3 Å². The van der Waals surface area contributed by atoms with Gasteiger partial charge in [-0.25, -0.2) is 0 Å². The number of nitrogens with zero attached hydrogens (tertiary/aromatic N) is 1. The van der Waals surface area contributed by atoms with Gasteiger partial charge >= 0.3 is 5.97 Å². The molecule has 1 aliphatic heterocycles. The zero-order valence-corrected chi connectivity index (χ0v) is 13.3. The molecule has 1 amide bonds. The van der Waals surface area contributed by atoms with Crippen molar-refractivity contribution in [1.29, 1.82) is 0 Å². The van der Waals surface area contributed by atoms with E-state index in [0.717, 1.165) is 24.1 Å². The Morgan fingerprint density at radius 2 is 2.29 bits per heavy atom. The summed E-state index contributed by atoms with van der Waals surface area (Å²) in [5.41, 5.74) is 1.17. The van der Waals surface area contributed by atoms with Crippen LogP contribution in [0.15, 0.2) is 17.5 Å². The molecule has 21 heavy (non-hydrogen) atoms. The number of piperidine rings is 1. The molecule has 0 aliphatic carbocycles. The number of aryl methyl sites for hydroxylation is 1. The molecular weight excluding hydrogens is 286 g/mol. The first-order valence-corrected chi connectivity index (χ1v) is 8.09. The van der Waals surface area contributed by atoms with Gasteiger partial charge in [-0.05, 0) is 49.3 Å². The lowest BCUT2D eigenvalue weighted by Crippen LogP contribution is -2.44. The van der Waals surface area contributed by atoms with Crippen molar-refractivity contribution in [2.24, 2.45) is 0 Å². The number of methoxy groups -OCH3 is 1. The molecular formula is C16H21NO3S. The Labute approximate surface area is 129 Å². The second-order valence-electron chi connectivity index (χ2n) is 5.26. The van der Waals surface area contributed by atoms with E-state index in [1.807, 2.05) is 24.4 Å². The van der Waals surface area contributed by atoms with Gasteiger partial charge < -0.3 is 9.64 Å². The highest BCUT2D eigenvalue weighted by Crippen LogP contribution is 2.22. The Morgan fingerprint density at radius 3 is 2.95 bits per heavy atom. The predicted octanol–water partition coefficient (Wildman–Crippen LogP) is 3.01. The van der Waals surface area contributed by atoms with Gasteiger partial charge in [0.15, 0.2) is 0 Å². The third-order valence-corrected chi connectivity index (χ3v) is 4.80. The molecule has 2 heterocycles. The standard InChI is InChI=1S/C16H21NO3S/c1-12-8-10-21-14(12)6-7-15(18)17-9-4-3-5-13(17)11-16(19)20-2/h6-8,10,13H,3-5,9,11H2,1-2H3/b7-6+. The largest absolute Gasteiger partial charge is 0.469 e. The molecule has 1 unspecified atom stereocenters. The number of ether oxygens (including phenoxy) is 1. The second-order valence-corrected chi connectivity index (χ2v) is 6.21. The number of thiophene rings is 1. The Kier molecular flexibility index (Phi) is 5.56. The van der Waals surface area contributed by atoms with Crippen LogP contribution in [0.1, 0.15) is 36.1 Å². The lowest BCUT2D eigenvalue weighted by molar-refractivity contribution is -0.143. The number of amides is 1. The van der Waals surface area contributed by atoms with Crippen LogP contribution in [0.4, 0.5) is 0 Å². The molecule has 0 bridgehead atoms. The monoisotopic (exact) mass is 307 g/mol. The quantitative estimate of drug-likeness (QED) is 0.634. The fourth-order valence-corrected chi connectivity index (χ4v) is 3.40. The van der Waals surface area contributed by atoms with E-state index >= 15 is 0 Å². The number of esters is 1. The van der Waals surface area contributed by atoms with Crippen molar-refractivity contribution in [3.8, 4) is 0 Å². The molecule has 1 aromatic rings. The third-order valence-electron chi connectivity index (χ3n) is 3.82. The number of rotatable bonds is 4. The summed E-state index contributed by atoms with van der Waals surface area (Å²) in [5.74, 6) is -0.269. The molecule has 0 N–H and O–H groups in total. The summed E-state index contributed by atoms with van der Waals surface area (Å²) in [6.07, 6.45) is 6.69. The maximum absolute atomic E-state index is 12.4. The van der Waals surface area contributed by atoms with E-state index in [0.29, 0.717) is 6.54 Å². The van der Waals surface area contributed by atoms with E-state index in [1.165, 1.54) is 12.7 Å². The summed E-state index contributed by atoms with van der Waals surface area (Å²) >= 11 is 1.62. The summed E-state index contributed by atoms with van der Waals surface area (Å²) < 4.78 is 4.72. The highest BCUT2D eigenvalue weighted by molar-refractivity contribution is 7.11. The van der Waals surface area contributed by atoms with Crippen LogP contribution in [-0.2, 0) is 14.3 Å². The van der Waals surface area contributed by atoms with Gasteiger partial charge in [0.05, 0.1) is 13.5 Å². The van der Waals surface area contributed by atoms with E-state index in [9.17, 15) is 9.59 Å². The Bertz CT molecular complexity index is 535. The van der Waals surface area contributed by atoms with Crippen molar-refractivity contribution < 1.29 is 14.3 Å². The molecule has 0 radical (unpaired) electrons. The van der Waals surface area contributed by atoms with Gasteiger partial charge in [0.2, 0.25) is 5.91 Å². The molecule has 2 rings (SSSR count). The van der Waals surface area contributed by atoms with Gasteiger partial charge in [-0.2, -0.15) is 0 Å². The van der Waals surface area contributed by atoms with Crippen molar-refractivity contribution >= 4 is 29.3 Å². The van der Waals surface area contributed by atoms with Crippen molar-refractivity contribution in [2.75, 3.05) is 13.7 Å². The second kappa shape index (κ2) is 7.41. The molecule has 4 nitrogen and oxygen atoms in total. The summed E-state index contributed by atoms with van der Waals surface area (Å²) in [7, 11) is 1.39. The molecule has 0 spiro atoms. The van der Waals surface area contributed by atoms with Gasteiger partial charge in [0.25, 0.3) is 0 Å². The summed E-state index contributed by atoms with van der Waals surface area (Å²) in [6.45, 7) is 2.75. The van der Waals surface area contributed by atoms with Crippen LogP contribution in [0, 0.1) is 6.92 Å². The molecule has 0 aromatic carbocycles. The lowest BCUT2D eigenvalue weighted by atomic mass is 9.99. The van der Waals surface area contributed by atoms with Crippen LogP contribution in [0.3, 0.4) is 0 Å². The van der Waals surface area contributed by atoms with Gasteiger partial charge in [-0.3, -0.25) is 9.59 Å². The number of hydrogen-bond donors (Lipinski definition) is 0. The Balaban J connectivity index is 2.03. The Hall–Kier alpha value is -1.62. The molecule has 1 aromatic heterocycles. The number of likely N-dealkylation sites (tertiary alicyclic amines) is 1. The highest BCUT2D eigenvalue weighted by Gasteiger charge is 2.27. The van der Waals surface area contributed by atoms with Gasteiger partial charge in [0, 0.05) is 23.5 Å². The first kappa shape index (κ1) is 15.8. The fraction of sp³-hybridized carbons (Fsp3) is 0.500. The first-order valence-electron chi connectivity index (χ1n) is 7.21. The van der Waals surface area contributed by atoms with Crippen molar-refractivity contribution in [3.05, 3.63) is 28.0 Å². The zero-order valence-electron chi connectivity index (χ0n) is 12.5. The van der Waals surface area contributed by atoms with Crippen LogP contribution in [0.25, 0.3) is 6.08 Å². The lowest BCUT2D eigenvalue weighted by Gasteiger charge is -2.34. The van der Waals surface area contributed by atoms with Crippen LogP contribution in [0.5, 0.6) is 0 Å². The maximum atomic E-state index is 12.4. The highest BCUT2D eigenvalue weighted by atomic mass is 32.1. The number of hydrogen-bond acceptors (Lipinski definition) is 4. The zero-order chi connectivity index (χ0) is 15.2. The smallest absolute Gasteiger partial charge is 0.307 e. The summed E-state index contributed by atoms with van der Waals surface area (Å²) in [6, 6.07) is 2.00. The maximum Gasteiger partial charge on any atom is 0.307 e. The van der Waals surface area contributed by atoms with Crippen LogP contribution >= 0.6 is 11.3 Å². The van der Waals surface area contributed by atoms with Crippen LogP contribution in [0.2, 0.25) is 0 Å². The average molecular weight is 307 g/mol. The van der Waals surface area contributed by atoms with E-state index in [4.69, 9.17) is 4.74 Å². The van der Waals surface area contributed by atoms with E-state index in [-0.39, 0.29) is 24.3 Å². The molecule has 5 heteroatoms. The molecule has 0 saturated carbocycles. The molecule has 1 saturated heterocycles. The number of carbonyl (C=O) groups is 2. The number of carbonyl (C=O) groups excluding carboxylic acids is 2. The Morgan fingerprint density at radius 1 is 1.48 bits per heavy atom. The van der Waals surface area contributed by atoms with Crippen LogP contribution in [-0.4, -0.2) is 36.5 Å². The predicted molar refractivity (Wildman–Crippen MR) is 84.1 cm³/mol. The topological polar surface area (TPSA) is 46.6 Å². The minimum Gasteiger partial charge on any atom is -0.469 e. The normalized spacial score (nSPS) is 19.0. The molecule has 1 atom stereocenters. The minimum absolute atomic E-state index is 0.0172. The fourth-order valence-electron chi connectivity index (χ4n) is 2.58. The molecule has 114 valence electrons. The third kappa shape index (κ3) is 4.17.